The third kappa shape index (κ3) is 3.53. The molecule has 96 valence electrons. The average Bonchev–Trinajstić information content (AvgIpc) is 2.79. The van der Waals surface area contributed by atoms with Gasteiger partial charge in [-0.25, -0.2) is 4.98 Å². The fourth-order valence-electron chi connectivity index (χ4n) is 1.58. The quantitative estimate of drug-likeness (QED) is 0.835. The van der Waals surface area contributed by atoms with Crippen LogP contribution < -0.4 is 5.32 Å². The molecule has 5 heteroatoms. The van der Waals surface area contributed by atoms with Gasteiger partial charge in [-0.1, -0.05) is 0 Å². The van der Waals surface area contributed by atoms with Gasteiger partial charge in [0.05, 0.1) is 24.2 Å². The molecule has 2 aromatic rings. The van der Waals surface area contributed by atoms with Gasteiger partial charge < -0.3 is 9.73 Å². The summed E-state index contributed by atoms with van der Waals surface area (Å²) >= 11 is 5.14. The summed E-state index contributed by atoms with van der Waals surface area (Å²) in [7, 11) is 0. The number of anilines is 1. The van der Waals surface area contributed by atoms with E-state index < -0.39 is 0 Å². The Bertz CT molecular complexity index is 527. The summed E-state index contributed by atoms with van der Waals surface area (Å²) < 4.78 is 6.57. The van der Waals surface area contributed by atoms with Crippen molar-refractivity contribution in [3.63, 3.8) is 0 Å². The molecule has 0 radical (unpaired) electrons. The summed E-state index contributed by atoms with van der Waals surface area (Å²) in [6, 6.07) is 6.10. The van der Waals surface area contributed by atoms with E-state index in [0.29, 0.717) is 6.54 Å². The molecule has 18 heavy (non-hydrogen) atoms. The van der Waals surface area contributed by atoms with E-state index in [0.717, 1.165) is 33.1 Å². The highest BCUT2D eigenvalue weighted by molar-refractivity contribution is 9.10. The molecule has 2 rings (SSSR count). The van der Waals surface area contributed by atoms with Crippen molar-refractivity contribution in [3.8, 4) is 0 Å². The van der Waals surface area contributed by atoms with Crippen LogP contribution in [0, 0.1) is 6.92 Å². The first-order chi connectivity index (χ1) is 8.69. The second kappa shape index (κ2) is 6.29. The molecular formula is C13H15BrN2OS. The number of aryl methyl sites for hydroxylation is 1. The lowest BCUT2D eigenvalue weighted by molar-refractivity contribution is 0.487. The molecule has 0 saturated heterocycles. The molecule has 0 unspecified atom stereocenters. The second-order valence-corrected chi connectivity index (χ2v) is 5.60. The van der Waals surface area contributed by atoms with Gasteiger partial charge in [-0.05, 0) is 52.9 Å². The summed E-state index contributed by atoms with van der Waals surface area (Å²) in [5.74, 6) is 2.88. The first-order valence-electron chi connectivity index (χ1n) is 5.61. The molecule has 0 spiro atoms. The molecule has 0 aliphatic carbocycles. The zero-order valence-electron chi connectivity index (χ0n) is 10.4. The summed E-state index contributed by atoms with van der Waals surface area (Å²) in [6.45, 7) is 2.70. The molecule has 0 bridgehead atoms. The van der Waals surface area contributed by atoms with Gasteiger partial charge in [-0.15, -0.1) is 0 Å². The Morgan fingerprint density at radius 3 is 2.89 bits per heavy atom. The number of aromatic nitrogens is 1. The molecule has 0 aliphatic rings. The van der Waals surface area contributed by atoms with Crippen LogP contribution in [0.4, 0.5) is 5.69 Å². The summed E-state index contributed by atoms with van der Waals surface area (Å²) in [5, 5.41) is 3.30. The number of pyridine rings is 1. The van der Waals surface area contributed by atoms with E-state index in [1.165, 1.54) is 0 Å². The van der Waals surface area contributed by atoms with E-state index in [1.54, 1.807) is 11.8 Å². The van der Waals surface area contributed by atoms with Crippen molar-refractivity contribution in [1.82, 2.24) is 4.98 Å². The van der Waals surface area contributed by atoms with Crippen LogP contribution in [-0.4, -0.2) is 11.2 Å². The minimum atomic E-state index is 0.678. The zero-order chi connectivity index (χ0) is 13.0. The van der Waals surface area contributed by atoms with E-state index in [4.69, 9.17) is 4.42 Å². The van der Waals surface area contributed by atoms with Crippen molar-refractivity contribution in [2.24, 2.45) is 0 Å². The van der Waals surface area contributed by atoms with Gasteiger partial charge in [-0.3, -0.25) is 0 Å². The molecule has 2 heterocycles. The van der Waals surface area contributed by atoms with E-state index in [9.17, 15) is 0 Å². The minimum absolute atomic E-state index is 0.678. The fraction of sp³-hybridized carbons (Fsp3) is 0.308. The van der Waals surface area contributed by atoms with Gasteiger partial charge in [0.15, 0.2) is 0 Å². The van der Waals surface area contributed by atoms with Crippen LogP contribution in [0.3, 0.4) is 0 Å². The number of rotatable bonds is 5. The topological polar surface area (TPSA) is 38.1 Å². The van der Waals surface area contributed by atoms with Crippen LogP contribution in [0.15, 0.2) is 33.4 Å². The monoisotopic (exact) mass is 326 g/mol. The van der Waals surface area contributed by atoms with Gasteiger partial charge in [0.25, 0.3) is 0 Å². The normalized spacial score (nSPS) is 10.6. The smallest absolute Gasteiger partial charge is 0.123 e. The van der Waals surface area contributed by atoms with Crippen molar-refractivity contribution >= 4 is 33.4 Å². The van der Waals surface area contributed by atoms with Crippen LogP contribution in [-0.2, 0) is 12.3 Å². The van der Waals surface area contributed by atoms with Gasteiger partial charge >= 0.3 is 0 Å². The number of nitrogens with zero attached hydrogens (tertiary/aromatic N) is 1. The summed E-state index contributed by atoms with van der Waals surface area (Å²) in [6.07, 6.45) is 3.87. The summed E-state index contributed by atoms with van der Waals surface area (Å²) in [4.78, 5) is 4.25. The Labute approximate surface area is 120 Å². The highest BCUT2D eigenvalue weighted by Gasteiger charge is 2.03. The molecular weight excluding hydrogens is 312 g/mol. The number of hydrogen-bond acceptors (Lipinski definition) is 4. The van der Waals surface area contributed by atoms with Gasteiger partial charge in [0.2, 0.25) is 0 Å². The molecule has 0 saturated carbocycles. The van der Waals surface area contributed by atoms with Crippen LogP contribution in [0.2, 0.25) is 0 Å². The molecule has 0 atom stereocenters. The lowest BCUT2D eigenvalue weighted by Gasteiger charge is -2.05. The maximum Gasteiger partial charge on any atom is 0.123 e. The lowest BCUT2D eigenvalue weighted by Crippen LogP contribution is -1.99. The molecule has 1 N–H and O–H groups in total. The number of furan rings is 1. The SMILES string of the molecule is CSCc1ccc(CNc2cnc(Br)c(C)c2)o1. The summed E-state index contributed by atoms with van der Waals surface area (Å²) in [5.41, 5.74) is 2.11. The predicted molar refractivity (Wildman–Crippen MR) is 79.9 cm³/mol. The van der Waals surface area contributed by atoms with Crippen LogP contribution in [0.25, 0.3) is 0 Å². The number of nitrogens with one attached hydrogen (secondary N) is 1. The Kier molecular flexibility index (Phi) is 4.72. The number of halogens is 1. The minimum Gasteiger partial charge on any atom is -0.463 e. The Morgan fingerprint density at radius 2 is 2.17 bits per heavy atom. The Balaban J connectivity index is 1.95. The van der Waals surface area contributed by atoms with Crippen molar-refractivity contribution < 1.29 is 4.42 Å². The maximum atomic E-state index is 5.69. The van der Waals surface area contributed by atoms with E-state index in [2.05, 4.69) is 38.6 Å². The van der Waals surface area contributed by atoms with Crippen molar-refractivity contribution in [2.75, 3.05) is 11.6 Å². The molecule has 0 amide bonds. The first-order valence-corrected chi connectivity index (χ1v) is 7.80. The molecule has 0 aliphatic heterocycles. The Morgan fingerprint density at radius 1 is 1.39 bits per heavy atom. The standard InChI is InChI=1S/C13H15BrN2OS/c1-9-5-10(6-16-13(9)14)15-7-11-3-4-12(17-11)8-18-2/h3-6,15H,7-8H2,1-2H3. The largest absolute Gasteiger partial charge is 0.463 e. The molecule has 3 nitrogen and oxygen atoms in total. The first kappa shape index (κ1) is 13.5. The average molecular weight is 327 g/mol. The van der Waals surface area contributed by atoms with Gasteiger partial charge in [-0.2, -0.15) is 11.8 Å². The van der Waals surface area contributed by atoms with E-state index in [1.807, 2.05) is 25.3 Å². The molecule has 0 aromatic carbocycles. The van der Waals surface area contributed by atoms with Crippen LogP contribution in [0.5, 0.6) is 0 Å². The molecule has 0 fully saturated rings. The number of hydrogen-bond donors (Lipinski definition) is 1. The zero-order valence-corrected chi connectivity index (χ0v) is 12.8. The van der Waals surface area contributed by atoms with Crippen LogP contribution >= 0.6 is 27.7 Å². The second-order valence-electron chi connectivity index (χ2n) is 3.99. The number of thioether (sulfide) groups is 1. The maximum absolute atomic E-state index is 5.69. The van der Waals surface area contributed by atoms with E-state index in [-0.39, 0.29) is 0 Å². The predicted octanol–water partition coefficient (Wildman–Crippen LogP) is 4.22. The highest BCUT2D eigenvalue weighted by Crippen LogP contribution is 2.18. The van der Waals surface area contributed by atoms with Crippen molar-refractivity contribution in [1.29, 1.82) is 0 Å². The van der Waals surface area contributed by atoms with Crippen molar-refractivity contribution in [2.45, 2.75) is 19.2 Å². The lowest BCUT2D eigenvalue weighted by atomic mass is 10.3. The van der Waals surface area contributed by atoms with Crippen molar-refractivity contribution in [3.05, 3.63) is 46.1 Å². The third-order valence-corrected chi connectivity index (χ3v) is 3.89. The van der Waals surface area contributed by atoms with Gasteiger partial charge in [0.1, 0.15) is 16.1 Å². The van der Waals surface area contributed by atoms with E-state index >= 15 is 0 Å². The van der Waals surface area contributed by atoms with Gasteiger partial charge in [0, 0.05) is 0 Å². The third-order valence-electron chi connectivity index (χ3n) is 2.49. The van der Waals surface area contributed by atoms with Crippen LogP contribution in [0.1, 0.15) is 17.1 Å². The Hall–Kier alpha value is -0.940. The molecule has 2 aromatic heterocycles. The highest BCUT2D eigenvalue weighted by atomic mass is 79.9. The fourth-order valence-corrected chi connectivity index (χ4v) is 2.24.